The molecule has 6 heteroatoms. The van der Waals surface area contributed by atoms with Crippen LogP contribution in [0.3, 0.4) is 0 Å². The normalized spacial score (nSPS) is 12.9. The molecule has 6 nitrogen and oxygen atoms in total. The van der Waals surface area contributed by atoms with Gasteiger partial charge in [-0.15, -0.1) is 0 Å². The highest BCUT2D eigenvalue weighted by Crippen LogP contribution is 2.17. The average molecular weight is 343 g/mol. The summed E-state index contributed by atoms with van der Waals surface area (Å²) in [5.41, 5.74) is 0.429. The zero-order chi connectivity index (χ0) is 18.4. The number of ether oxygens (including phenoxy) is 2. The lowest BCUT2D eigenvalue weighted by Crippen LogP contribution is -2.46. The van der Waals surface area contributed by atoms with Gasteiger partial charge in [-0.05, 0) is 28.8 Å². The summed E-state index contributed by atoms with van der Waals surface area (Å²) < 4.78 is 9.37. The summed E-state index contributed by atoms with van der Waals surface area (Å²) in [5, 5.41) is 4.60. The molecule has 0 saturated heterocycles. The molecule has 1 N–H and O–H groups in total. The lowest BCUT2D eigenvalue weighted by atomic mass is 9.97. The fourth-order valence-electron chi connectivity index (χ4n) is 2.58. The molecule has 132 valence electrons. The number of rotatable bonds is 6. The second kappa shape index (κ2) is 8.28. The molecule has 0 spiro atoms. The third-order valence-electron chi connectivity index (χ3n) is 4.04. The predicted molar refractivity (Wildman–Crippen MR) is 93.0 cm³/mol. The van der Waals surface area contributed by atoms with E-state index in [0.29, 0.717) is 5.56 Å². The van der Waals surface area contributed by atoms with Crippen molar-refractivity contribution in [3.05, 3.63) is 48.0 Å². The van der Waals surface area contributed by atoms with Gasteiger partial charge in [0, 0.05) is 5.56 Å². The molecular weight excluding hydrogens is 322 g/mol. The van der Waals surface area contributed by atoms with Gasteiger partial charge in [0.1, 0.15) is 6.04 Å². The summed E-state index contributed by atoms with van der Waals surface area (Å²) in [6, 6.07) is 12.0. The number of amides is 1. The zero-order valence-electron chi connectivity index (χ0n) is 14.4. The Labute approximate surface area is 146 Å². The SMILES string of the molecule is COC(=O)C[C@H](C)[C@@H](NC(=O)c1ccc2ccccc2c1)C(=O)OC. The second-order valence-corrected chi connectivity index (χ2v) is 5.79. The largest absolute Gasteiger partial charge is 0.469 e. The molecule has 0 unspecified atom stereocenters. The van der Waals surface area contributed by atoms with Crippen molar-refractivity contribution in [1.29, 1.82) is 0 Å². The van der Waals surface area contributed by atoms with Gasteiger partial charge in [-0.25, -0.2) is 4.79 Å². The van der Waals surface area contributed by atoms with Crippen molar-refractivity contribution in [1.82, 2.24) is 5.32 Å². The number of nitrogens with one attached hydrogen (secondary N) is 1. The van der Waals surface area contributed by atoms with Gasteiger partial charge >= 0.3 is 11.9 Å². The number of fused-ring (bicyclic) bond motifs is 1. The predicted octanol–water partition coefficient (Wildman–Crippen LogP) is 2.31. The number of carbonyl (C=O) groups excluding carboxylic acids is 3. The van der Waals surface area contributed by atoms with E-state index in [1.54, 1.807) is 19.1 Å². The van der Waals surface area contributed by atoms with Crippen molar-refractivity contribution in [2.75, 3.05) is 14.2 Å². The molecule has 1 amide bonds. The van der Waals surface area contributed by atoms with Crippen LogP contribution in [0.1, 0.15) is 23.7 Å². The Morgan fingerprint density at radius 2 is 1.68 bits per heavy atom. The van der Waals surface area contributed by atoms with Gasteiger partial charge in [0.2, 0.25) is 0 Å². The van der Waals surface area contributed by atoms with Gasteiger partial charge < -0.3 is 14.8 Å². The van der Waals surface area contributed by atoms with Crippen molar-refractivity contribution in [3.8, 4) is 0 Å². The van der Waals surface area contributed by atoms with Crippen LogP contribution in [0.2, 0.25) is 0 Å². The van der Waals surface area contributed by atoms with E-state index in [1.807, 2.05) is 30.3 Å². The molecule has 2 aromatic rings. The molecule has 25 heavy (non-hydrogen) atoms. The molecule has 0 aliphatic carbocycles. The van der Waals surface area contributed by atoms with Crippen LogP contribution in [0.4, 0.5) is 0 Å². The number of benzene rings is 2. The van der Waals surface area contributed by atoms with Crippen LogP contribution in [-0.4, -0.2) is 38.1 Å². The number of esters is 2. The van der Waals surface area contributed by atoms with E-state index in [2.05, 4.69) is 10.1 Å². The van der Waals surface area contributed by atoms with Crippen LogP contribution in [0, 0.1) is 5.92 Å². The maximum absolute atomic E-state index is 12.5. The number of methoxy groups -OCH3 is 2. The molecule has 2 rings (SSSR count). The summed E-state index contributed by atoms with van der Waals surface area (Å²) in [5.74, 6) is -1.94. The minimum Gasteiger partial charge on any atom is -0.469 e. The molecule has 0 aliphatic heterocycles. The average Bonchev–Trinajstić information content (AvgIpc) is 2.64. The Morgan fingerprint density at radius 1 is 1.00 bits per heavy atom. The molecule has 0 heterocycles. The van der Waals surface area contributed by atoms with E-state index in [4.69, 9.17) is 4.74 Å². The summed E-state index contributed by atoms with van der Waals surface area (Å²) in [6.45, 7) is 1.68. The van der Waals surface area contributed by atoms with Crippen LogP contribution < -0.4 is 5.32 Å². The van der Waals surface area contributed by atoms with Gasteiger partial charge in [-0.3, -0.25) is 9.59 Å². The summed E-state index contributed by atoms with van der Waals surface area (Å²) in [4.78, 5) is 36.0. The van der Waals surface area contributed by atoms with Crippen LogP contribution in [0.5, 0.6) is 0 Å². The molecule has 2 aromatic carbocycles. The standard InChI is InChI=1S/C19H21NO5/c1-12(10-16(21)24-2)17(19(23)25-3)20-18(22)15-9-8-13-6-4-5-7-14(13)11-15/h4-9,11-12,17H,10H2,1-3H3,(H,20,22)/t12-,17+/m0/s1. The van der Waals surface area contributed by atoms with E-state index in [-0.39, 0.29) is 6.42 Å². The topological polar surface area (TPSA) is 81.7 Å². The molecule has 0 aromatic heterocycles. The van der Waals surface area contributed by atoms with Gasteiger partial charge in [0.25, 0.3) is 5.91 Å². The molecule has 2 atom stereocenters. The molecule has 0 aliphatic rings. The van der Waals surface area contributed by atoms with E-state index >= 15 is 0 Å². The summed E-state index contributed by atoms with van der Waals surface area (Å²) in [7, 11) is 2.51. The Bertz CT molecular complexity index is 786. The lowest BCUT2D eigenvalue weighted by Gasteiger charge is -2.22. The fourth-order valence-corrected chi connectivity index (χ4v) is 2.58. The van der Waals surface area contributed by atoms with Crippen molar-refractivity contribution in [2.24, 2.45) is 5.92 Å². The van der Waals surface area contributed by atoms with Gasteiger partial charge in [0.05, 0.1) is 20.6 Å². The third-order valence-corrected chi connectivity index (χ3v) is 4.04. The van der Waals surface area contributed by atoms with E-state index in [0.717, 1.165) is 10.8 Å². The Morgan fingerprint density at radius 3 is 2.32 bits per heavy atom. The highest BCUT2D eigenvalue weighted by molar-refractivity contribution is 6.00. The van der Waals surface area contributed by atoms with E-state index in [9.17, 15) is 14.4 Å². The minimum absolute atomic E-state index is 0.00569. The monoisotopic (exact) mass is 343 g/mol. The number of hydrogen-bond acceptors (Lipinski definition) is 5. The van der Waals surface area contributed by atoms with Crippen LogP contribution in [0.25, 0.3) is 10.8 Å². The van der Waals surface area contributed by atoms with Crippen molar-refractivity contribution in [2.45, 2.75) is 19.4 Å². The number of hydrogen-bond donors (Lipinski definition) is 1. The molecule has 0 saturated carbocycles. The second-order valence-electron chi connectivity index (χ2n) is 5.79. The van der Waals surface area contributed by atoms with Gasteiger partial charge in [0.15, 0.2) is 0 Å². The smallest absolute Gasteiger partial charge is 0.328 e. The first-order valence-corrected chi connectivity index (χ1v) is 7.90. The minimum atomic E-state index is -0.942. The maximum Gasteiger partial charge on any atom is 0.328 e. The van der Waals surface area contributed by atoms with Crippen molar-refractivity contribution in [3.63, 3.8) is 0 Å². The summed E-state index contributed by atoms with van der Waals surface area (Å²) in [6.07, 6.45) is -0.00569. The fraction of sp³-hybridized carbons (Fsp3) is 0.316. The first-order chi connectivity index (χ1) is 12.0. The van der Waals surface area contributed by atoms with Crippen molar-refractivity contribution < 1.29 is 23.9 Å². The first kappa shape index (κ1) is 18.4. The Balaban J connectivity index is 2.19. The Kier molecular flexibility index (Phi) is 6.11. The Hall–Kier alpha value is -2.89. The zero-order valence-corrected chi connectivity index (χ0v) is 14.4. The number of carbonyl (C=O) groups is 3. The van der Waals surface area contributed by atoms with Gasteiger partial charge in [-0.2, -0.15) is 0 Å². The van der Waals surface area contributed by atoms with E-state index in [1.165, 1.54) is 14.2 Å². The van der Waals surface area contributed by atoms with Crippen LogP contribution >= 0.6 is 0 Å². The summed E-state index contributed by atoms with van der Waals surface area (Å²) >= 11 is 0. The maximum atomic E-state index is 12.5. The quantitative estimate of drug-likeness (QED) is 0.814. The molecule has 0 fully saturated rings. The van der Waals surface area contributed by atoms with Crippen LogP contribution in [0.15, 0.2) is 42.5 Å². The highest BCUT2D eigenvalue weighted by Gasteiger charge is 2.30. The molecule has 0 radical (unpaired) electrons. The highest BCUT2D eigenvalue weighted by atomic mass is 16.5. The third kappa shape index (κ3) is 4.56. The van der Waals surface area contributed by atoms with Gasteiger partial charge in [-0.1, -0.05) is 37.3 Å². The van der Waals surface area contributed by atoms with Crippen molar-refractivity contribution >= 4 is 28.6 Å². The molecule has 0 bridgehead atoms. The lowest BCUT2D eigenvalue weighted by molar-refractivity contribution is -0.146. The van der Waals surface area contributed by atoms with Crippen LogP contribution in [-0.2, 0) is 19.1 Å². The molecular formula is C19H21NO5. The first-order valence-electron chi connectivity index (χ1n) is 7.90. The van der Waals surface area contributed by atoms with E-state index < -0.39 is 29.8 Å².